The molecular formula is C10H15IMg. The van der Waals surface area contributed by atoms with Gasteiger partial charge < -0.3 is 2.85 Å². The summed E-state index contributed by atoms with van der Waals surface area (Å²) in [5, 5.41) is 0. The van der Waals surface area contributed by atoms with Gasteiger partial charge in [-0.15, -0.1) is 0 Å². The van der Waals surface area contributed by atoms with Crippen molar-refractivity contribution < 1.29 is 2.85 Å². The van der Waals surface area contributed by atoms with Gasteiger partial charge in [-0.2, -0.15) is 0 Å². The molecule has 1 aromatic rings. The molecule has 64 valence electrons. The number of rotatable bonds is 3. The molecule has 0 amide bonds. The molecular weight excluding hydrogens is 271 g/mol. The number of aryl methyl sites for hydroxylation is 2. The van der Waals surface area contributed by atoms with Crippen molar-refractivity contribution in [2.45, 2.75) is 19.8 Å². The van der Waals surface area contributed by atoms with Crippen LogP contribution in [0.25, 0.3) is 0 Å². The van der Waals surface area contributed by atoms with Crippen molar-refractivity contribution in [3.05, 3.63) is 35.4 Å². The maximum absolute atomic E-state index is 2.42. The third kappa shape index (κ3) is 4.67. The Morgan fingerprint density at radius 2 is 1.83 bits per heavy atom. The Hall–Kier alpha value is 0.716. The van der Waals surface area contributed by atoms with Crippen molar-refractivity contribution in [1.29, 1.82) is 0 Å². The molecule has 0 unspecified atom stereocenters. The Bertz CT molecular complexity index is 214. The first-order valence-electron chi connectivity index (χ1n) is 3.94. The van der Waals surface area contributed by atoms with Crippen LogP contribution in [-0.2, 0) is 6.42 Å². The molecule has 12 heavy (non-hydrogen) atoms. The minimum absolute atomic E-state index is 0. The van der Waals surface area contributed by atoms with Gasteiger partial charge in [0.1, 0.15) is 0 Å². The van der Waals surface area contributed by atoms with Crippen molar-refractivity contribution in [2.24, 2.45) is 0 Å². The predicted octanol–water partition coefficient (Wildman–Crippen LogP) is 3.21. The van der Waals surface area contributed by atoms with E-state index in [2.05, 4.69) is 53.8 Å². The van der Waals surface area contributed by atoms with Crippen LogP contribution < -0.4 is 0 Å². The monoisotopic (exact) mass is 286 g/mol. The molecule has 0 aromatic heterocycles. The molecule has 0 saturated heterocycles. The van der Waals surface area contributed by atoms with Crippen LogP contribution >= 0.6 is 22.6 Å². The minimum atomic E-state index is 0. The molecule has 2 heteroatoms. The summed E-state index contributed by atoms with van der Waals surface area (Å²) in [5.74, 6) is 0. The van der Waals surface area contributed by atoms with E-state index in [0.29, 0.717) is 0 Å². The molecule has 0 atom stereocenters. The summed E-state index contributed by atoms with van der Waals surface area (Å²) in [6.45, 7) is 2.13. The first-order chi connectivity index (χ1) is 5.33. The van der Waals surface area contributed by atoms with E-state index in [1.165, 1.54) is 28.4 Å². The van der Waals surface area contributed by atoms with Gasteiger partial charge in [0.2, 0.25) is 0 Å². The van der Waals surface area contributed by atoms with Crippen molar-refractivity contribution in [3.63, 3.8) is 0 Å². The summed E-state index contributed by atoms with van der Waals surface area (Å²) in [5.41, 5.74) is 2.82. The van der Waals surface area contributed by atoms with Crippen LogP contribution in [0.15, 0.2) is 24.3 Å². The van der Waals surface area contributed by atoms with Crippen molar-refractivity contribution in [1.82, 2.24) is 0 Å². The maximum Gasteiger partial charge on any atom is 2.00 e. The second kappa shape index (κ2) is 7.15. The first kappa shape index (κ1) is 12.7. The van der Waals surface area contributed by atoms with Crippen LogP contribution in [0.4, 0.5) is 0 Å². The fraction of sp³-hybridized carbons (Fsp3) is 0.400. The van der Waals surface area contributed by atoms with Gasteiger partial charge in [-0.05, 0) is 29.8 Å². The summed E-state index contributed by atoms with van der Waals surface area (Å²) >= 11 is 2.42. The van der Waals surface area contributed by atoms with Crippen molar-refractivity contribution in [2.75, 3.05) is 4.43 Å². The Balaban J connectivity index is -0.000000403. The quantitative estimate of drug-likeness (QED) is 0.455. The molecule has 0 N–H and O–H groups in total. The van der Waals surface area contributed by atoms with Crippen LogP contribution in [0.3, 0.4) is 0 Å². The fourth-order valence-electron chi connectivity index (χ4n) is 1.03. The molecule has 0 nitrogen and oxygen atoms in total. The van der Waals surface area contributed by atoms with Gasteiger partial charge in [-0.3, -0.25) is 0 Å². The van der Waals surface area contributed by atoms with Gasteiger partial charge in [0.05, 0.1) is 0 Å². The first-order valence-corrected chi connectivity index (χ1v) is 5.47. The average molecular weight is 286 g/mol. The molecule has 0 spiro atoms. The Kier molecular flexibility index (Phi) is 7.58. The summed E-state index contributed by atoms with van der Waals surface area (Å²) in [6, 6.07) is 8.81. The molecule has 0 aliphatic rings. The van der Waals surface area contributed by atoms with Crippen molar-refractivity contribution >= 4 is 45.6 Å². The Morgan fingerprint density at radius 1 is 1.25 bits per heavy atom. The SMILES string of the molecule is Cc1ccc(CCCI)cc1.[H-].[H-].[Mg+2]. The van der Waals surface area contributed by atoms with Crippen LogP contribution in [0, 0.1) is 6.92 Å². The zero-order valence-corrected chi connectivity index (χ0v) is 11.1. The van der Waals surface area contributed by atoms with E-state index in [4.69, 9.17) is 0 Å². The molecule has 0 fully saturated rings. The maximum atomic E-state index is 2.42. The minimum Gasteiger partial charge on any atom is -1.00 e. The van der Waals surface area contributed by atoms with Crippen LogP contribution in [0.5, 0.6) is 0 Å². The normalized spacial score (nSPS) is 9.17. The van der Waals surface area contributed by atoms with Crippen LogP contribution in [-0.4, -0.2) is 27.5 Å². The Labute approximate surface area is 107 Å². The second-order valence-corrected chi connectivity index (χ2v) is 3.86. The van der Waals surface area contributed by atoms with Gasteiger partial charge >= 0.3 is 23.1 Å². The van der Waals surface area contributed by atoms with E-state index in [-0.39, 0.29) is 25.9 Å². The van der Waals surface area contributed by atoms with E-state index in [0.717, 1.165) is 0 Å². The summed E-state index contributed by atoms with van der Waals surface area (Å²) in [4.78, 5) is 0. The zero-order chi connectivity index (χ0) is 8.10. The standard InChI is InChI=1S/C10H13I.Mg.2H/c1-9-4-6-10(7-5-9)3-2-8-11;;;/h4-7H,2-3,8H2,1H3;;;/q;+2;2*-1. The fourth-order valence-corrected chi connectivity index (χ4v) is 1.41. The van der Waals surface area contributed by atoms with Crippen LogP contribution in [0.2, 0.25) is 0 Å². The van der Waals surface area contributed by atoms with E-state index in [1.807, 2.05) is 0 Å². The van der Waals surface area contributed by atoms with Gasteiger partial charge in [-0.25, -0.2) is 0 Å². The largest absolute Gasteiger partial charge is 2.00 e. The van der Waals surface area contributed by atoms with Gasteiger partial charge in [0.25, 0.3) is 0 Å². The number of hydrogen-bond acceptors (Lipinski definition) is 0. The summed E-state index contributed by atoms with van der Waals surface area (Å²) in [6.07, 6.45) is 2.52. The molecule has 0 aliphatic heterocycles. The topological polar surface area (TPSA) is 0 Å². The van der Waals surface area contributed by atoms with Gasteiger partial charge in [0.15, 0.2) is 0 Å². The van der Waals surface area contributed by atoms with Crippen molar-refractivity contribution in [3.8, 4) is 0 Å². The van der Waals surface area contributed by atoms with Crippen LogP contribution in [0.1, 0.15) is 20.4 Å². The second-order valence-electron chi connectivity index (χ2n) is 2.78. The van der Waals surface area contributed by atoms with E-state index in [1.54, 1.807) is 0 Å². The molecule has 0 bridgehead atoms. The van der Waals surface area contributed by atoms with E-state index < -0.39 is 0 Å². The third-order valence-electron chi connectivity index (χ3n) is 1.72. The number of benzene rings is 1. The van der Waals surface area contributed by atoms with E-state index in [9.17, 15) is 0 Å². The molecule has 1 aromatic carbocycles. The summed E-state index contributed by atoms with van der Waals surface area (Å²) < 4.78 is 1.26. The number of hydrogen-bond donors (Lipinski definition) is 0. The van der Waals surface area contributed by atoms with E-state index >= 15 is 0 Å². The molecule has 0 aliphatic carbocycles. The molecule has 0 saturated carbocycles. The smallest absolute Gasteiger partial charge is 1.00 e. The number of halogens is 1. The number of alkyl halides is 1. The van der Waals surface area contributed by atoms with Gasteiger partial charge in [0, 0.05) is 0 Å². The van der Waals surface area contributed by atoms with Gasteiger partial charge in [-0.1, -0.05) is 52.4 Å². The predicted molar refractivity (Wildman–Crippen MR) is 66.4 cm³/mol. The molecule has 0 heterocycles. The molecule has 1 rings (SSSR count). The molecule has 0 radical (unpaired) electrons. The third-order valence-corrected chi connectivity index (χ3v) is 2.48. The Morgan fingerprint density at radius 3 is 2.33 bits per heavy atom. The average Bonchev–Trinajstić information content (AvgIpc) is 2.04. The zero-order valence-electron chi connectivity index (χ0n) is 9.52. The summed E-state index contributed by atoms with van der Waals surface area (Å²) in [7, 11) is 0.